The highest BCUT2D eigenvalue weighted by molar-refractivity contribution is 5.94. The summed E-state index contributed by atoms with van der Waals surface area (Å²) < 4.78 is 5.38. The van der Waals surface area contributed by atoms with Gasteiger partial charge in [-0.1, -0.05) is 17.6 Å². The van der Waals surface area contributed by atoms with Gasteiger partial charge in [-0.25, -0.2) is 0 Å². The van der Waals surface area contributed by atoms with Crippen molar-refractivity contribution in [2.45, 2.75) is 64.8 Å². The Morgan fingerprint density at radius 3 is 2.67 bits per heavy atom. The Hall–Kier alpha value is -2.70. The summed E-state index contributed by atoms with van der Waals surface area (Å²) in [4.78, 5) is 33.4. The molecule has 1 aromatic heterocycles. The number of carbonyl (C=O) groups excluding carboxylic acids is 2. The van der Waals surface area contributed by atoms with Crippen molar-refractivity contribution in [1.29, 1.82) is 0 Å². The molecule has 0 spiro atoms. The van der Waals surface area contributed by atoms with Crippen molar-refractivity contribution in [1.82, 2.24) is 19.9 Å². The Balaban J connectivity index is 1.36. The number of hydrogen-bond acceptors (Lipinski definition) is 5. The molecule has 1 saturated heterocycles. The number of rotatable bonds is 6. The molecule has 1 aliphatic carbocycles. The first-order chi connectivity index (χ1) is 14.4. The Morgan fingerprint density at radius 1 is 1.20 bits per heavy atom. The number of amides is 2. The SMILES string of the molecule is CC(=O)N(CCc1noc(C2CCC2)n1)C1CCN(C(=O)c2ccc(C)c(C)c2)C1. The van der Waals surface area contributed by atoms with Crippen LogP contribution in [-0.2, 0) is 11.2 Å². The molecule has 1 atom stereocenters. The molecular formula is C23H30N4O3. The van der Waals surface area contributed by atoms with E-state index in [1.54, 1.807) is 6.92 Å². The first-order valence-corrected chi connectivity index (χ1v) is 10.9. The van der Waals surface area contributed by atoms with Crippen molar-refractivity contribution in [3.8, 4) is 0 Å². The molecule has 7 heteroatoms. The minimum Gasteiger partial charge on any atom is -0.339 e. The van der Waals surface area contributed by atoms with Crippen LogP contribution in [0.2, 0.25) is 0 Å². The summed E-state index contributed by atoms with van der Waals surface area (Å²) in [5.74, 6) is 1.85. The maximum atomic E-state index is 12.9. The van der Waals surface area contributed by atoms with Crippen LogP contribution in [0.1, 0.15) is 71.7 Å². The zero-order valence-corrected chi connectivity index (χ0v) is 18.1. The van der Waals surface area contributed by atoms with E-state index in [0.717, 1.165) is 30.7 Å². The van der Waals surface area contributed by atoms with E-state index in [1.165, 1.54) is 12.0 Å². The van der Waals surface area contributed by atoms with Crippen molar-refractivity contribution in [3.63, 3.8) is 0 Å². The maximum Gasteiger partial charge on any atom is 0.253 e. The minimum atomic E-state index is 0.0168. The monoisotopic (exact) mass is 410 g/mol. The van der Waals surface area contributed by atoms with Gasteiger partial charge in [-0.2, -0.15) is 4.98 Å². The molecule has 160 valence electrons. The third-order valence-electron chi connectivity index (χ3n) is 6.56. The van der Waals surface area contributed by atoms with Gasteiger partial charge in [0.05, 0.1) is 6.04 Å². The van der Waals surface area contributed by atoms with Crippen LogP contribution in [0.25, 0.3) is 0 Å². The van der Waals surface area contributed by atoms with Crippen molar-refractivity contribution < 1.29 is 14.1 Å². The van der Waals surface area contributed by atoms with E-state index in [0.29, 0.717) is 43.4 Å². The zero-order valence-electron chi connectivity index (χ0n) is 18.1. The van der Waals surface area contributed by atoms with Crippen LogP contribution in [0.4, 0.5) is 0 Å². The van der Waals surface area contributed by atoms with Gasteiger partial charge in [-0.3, -0.25) is 9.59 Å². The molecule has 0 N–H and O–H groups in total. The summed E-state index contributed by atoms with van der Waals surface area (Å²) >= 11 is 0. The van der Waals surface area contributed by atoms with E-state index < -0.39 is 0 Å². The average Bonchev–Trinajstić information content (AvgIpc) is 3.32. The van der Waals surface area contributed by atoms with Gasteiger partial charge < -0.3 is 14.3 Å². The van der Waals surface area contributed by atoms with Crippen LogP contribution in [0.15, 0.2) is 22.7 Å². The smallest absolute Gasteiger partial charge is 0.253 e. The normalized spacial score (nSPS) is 19.0. The molecule has 0 radical (unpaired) electrons. The molecule has 1 saturated carbocycles. The number of aryl methyl sites for hydroxylation is 2. The second-order valence-electron chi connectivity index (χ2n) is 8.63. The maximum absolute atomic E-state index is 12.9. The summed E-state index contributed by atoms with van der Waals surface area (Å²) in [6.45, 7) is 7.40. The first-order valence-electron chi connectivity index (χ1n) is 10.9. The molecule has 1 unspecified atom stereocenters. The zero-order chi connectivity index (χ0) is 21.3. The van der Waals surface area contributed by atoms with Gasteiger partial charge in [-0.05, 0) is 56.4 Å². The van der Waals surface area contributed by atoms with Gasteiger partial charge in [-0.15, -0.1) is 0 Å². The highest BCUT2D eigenvalue weighted by Crippen LogP contribution is 2.35. The van der Waals surface area contributed by atoms with Crippen LogP contribution in [0.5, 0.6) is 0 Å². The van der Waals surface area contributed by atoms with Gasteiger partial charge in [0.1, 0.15) is 0 Å². The lowest BCUT2D eigenvalue weighted by Crippen LogP contribution is -2.42. The molecule has 1 aliphatic heterocycles. The van der Waals surface area contributed by atoms with Crippen LogP contribution in [0, 0.1) is 13.8 Å². The van der Waals surface area contributed by atoms with Crippen molar-refractivity contribution >= 4 is 11.8 Å². The largest absolute Gasteiger partial charge is 0.339 e. The molecule has 7 nitrogen and oxygen atoms in total. The second-order valence-corrected chi connectivity index (χ2v) is 8.63. The quantitative estimate of drug-likeness (QED) is 0.730. The summed E-state index contributed by atoms with van der Waals surface area (Å²) in [5.41, 5.74) is 3.00. The highest BCUT2D eigenvalue weighted by Gasteiger charge is 2.32. The number of aromatic nitrogens is 2. The number of nitrogens with zero attached hydrogens (tertiary/aromatic N) is 4. The molecule has 2 aliphatic rings. The average molecular weight is 411 g/mol. The molecule has 2 heterocycles. The first kappa shape index (κ1) is 20.6. The van der Waals surface area contributed by atoms with Crippen molar-refractivity contribution in [2.75, 3.05) is 19.6 Å². The standard InChI is InChI=1S/C23H30N4O3/c1-15-7-8-19(13-16(15)2)23(29)26-11-9-20(14-26)27(17(3)28)12-10-21-24-22(30-25-21)18-5-4-6-18/h7-8,13,18,20H,4-6,9-12,14H2,1-3H3. The van der Waals surface area contributed by atoms with E-state index in [4.69, 9.17) is 4.52 Å². The van der Waals surface area contributed by atoms with Crippen LogP contribution < -0.4 is 0 Å². The molecule has 1 aromatic carbocycles. The lowest BCUT2D eigenvalue weighted by molar-refractivity contribution is -0.130. The van der Waals surface area contributed by atoms with Crippen LogP contribution >= 0.6 is 0 Å². The topological polar surface area (TPSA) is 79.5 Å². The molecule has 2 aromatic rings. The molecule has 30 heavy (non-hydrogen) atoms. The van der Waals surface area contributed by atoms with Crippen LogP contribution in [-0.4, -0.2) is 57.4 Å². The van der Waals surface area contributed by atoms with Crippen molar-refractivity contribution in [3.05, 3.63) is 46.6 Å². The molecule has 0 bridgehead atoms. The van der Waals surface area contributed by atoms with E-state index in [1.807, 2.05) is 41.8 Å². The number of carbonyl (C=O) groups is 2. The highest BCUT2D eigenvalue weighted by atomic mass is 16.5. The minimum absolute atomic E-state index is 0.0168. The molecular weight excluding hydrogens is 380 g/mol. The van der Waals surface area contributed by atoms with Crippen LogP contribution in [0.3, 0.4) is 0 Å². The fraction of sp³-hybridized carbons (Fsp3) is 0.565. The third-order valence-corrected chi connectivity index (χ3v) is 6.56. The van der Waals surface area contributed by atoms with E-state index in [2.05, 4.69) is 10.1 Å². The lowest BCUT2D eigenvalue weighted by Gasteiger charge is -2.27. The Labute approximate surface area is 177 Å². The number of likely N-dealkylation sites (tertiary alicyclic amines) is 1. The fourth-order valence-electron chi connectivity index (χ4n) is 4.25. The van der Waals surface area contributed by atoms with Gasteiger partial charge in [0.25, 0.3) is 5.91 Å². The van der Waals surface area contributed by atoms with E-state index in [-0.39, 0.29) is 17.9 Å². The van der Waals surface area contributed by atoms with Gasteiger partial charge in [0, 0.05) is 44.5 Å². The summed E-state index contributed by atoms with van der Waals surface area (Å²) in [7, 11) is 0. The van der Waals surface area contributed by atoms with E-state index in [9.17, 15) is 9.59 Å². The number of benzene rings is 1. The third kappa shape index (κ3) is 4.25. The number of hydrogen-bond donors (Lipinski definition) is 0. The Morgan fingerprint density at radius 2 is 2.00 bits per heavy atom. The van der Waals surface area contributed by atoms with Gasteiger partial charge >= 0.3 is 0 Å². The van der Waals surface area contributed by atoms with Crippen molar-refractivity contribution in [2.24, 2.45) is 0 Å². The summed E-state index contributed by atoms with van der Waals surface area (Å²) in [6.07, 6.45) is 4.81. The van der Waals surface area contributed by atoms with Gasteiger partial charge in [0.15, 0.2) is 5.82 Å². The Kier molecular flexibility index (Phi) is 5.88. The second kappa shape index (κ2) is 8.58. The Bertz CT molecular complexity index is 934. The predicted molar refractivity (Wildman–Crippen MR) is 112 cm³/mol. The molecule has 4 rings (SSSR count). The fourth-order valence-corrected chi connectivity index (χ4v) is 4.25. The summed E-state index contributed by atoms with van der Waals surface area (Å²) in [6, 6.07) is 5.84. The predicted octanol–water partition coefficient (Wildman–Crippen LogP) is 3.26. The van der Waals surface area contributed by atoms with Gasteiger partial charge in [0.2, 0.25) is 11.8 Å². The van der Waals surface area contributed by atoms with E-state index >= 15 is 0 Å². The summed E-state index contributed by atoms with van der Waals surface area (Å²) in [5, 5.41) is 4.09. The molecule has 2 amide bonds. The lowest BCUT2D eigenvalue weighted by atomic mass is 9.85. The molecule has 2 fully saturated rings.